The molecule has 8 aromatic rings. The van der Waals surface area contributed by atoms with Crippen LogP contribution in [-0.4, -0.2) is 48.6 Å². The van der Waals surface area contributed by atoms with Gasteiger partial charge in [-0.15, -0.1) is 0 Å². The number of halogens is 4. The molecular weight excluding hydrogens is 746 g/mol. The first kappa shape index (κ1) is 35.0. The Kier molecular flexibility index (Phi) is 10.4. The van der Waals surface area contributed by atoms with Crippen molar-refractivity contribution in [1.29, 1.82) is 0 Å². The van der Waals surface area contributed by atoms with E-state index in [0.717, 1.165) is 33.0 Å². The molecule has 0 saturated heterocycles. The van der Waals surface area contributed by atoms with Crippen LogP contribution in [0.4, 0.5) is 0 Å². The first-order valence-electron chi connectivity index (χ1n) is 15.7. The third kappa shape index (κ3) is 8.21. The standard InChI is InChI=1S/2C18H13Cl2N5O/c19-14-5-6-16(26)24(10-14)8-12-1-3-13(4-2-12)9-25-18-15(7-23-25)17(20)21-11-22-18;19-14-5-6-16(26)24(9-14)7-12-1-3-13(4-2-12)8-25-10-15-17(20)21-11-22-18(15)23-25/h1-7,10-11H,8-9H2;1-6,9-11H,7-8H2. The molecule has 0 aliphatic rings. The molecule has 0 N–H and O–H groups in total. The van der Waals surface area contributed by atoms with E-state index >= 15 is 0 Å². The number of benzene rings is 2. The summed E-state index contributed by atoms with van der Waals surface area (Å²) in [5.41, 5.74) is 5.25. The van der Waals surface area contributed by atoms with Crippen molar-refractivity contribution < 1.29 is 0 Å². The van der Waals surface area contributed by atoms with E-state index in [1.165, 1.54) is 24.8 Å². The number of fused-ring (bicyclic) bond motifs is 2. The molecule has 6 aromatic heterocycles. The van der Waals surface area contributed by atoms with Gasteiger partial charge in [0.05, 0.1) is 53.2 Å². The van der Waals surface area contributed by atoms with Crippen molar-refractivity contribution in [3.8, 4) is 0 Å². The van der Waals surface area contributed by atoms with E-state index in [2.05, 4.69) is 30.1 Å². The van der Waals surface area contributed by atoms with Crippen LogP contribution in [0.2, 0.25) is 20.4 Å². The molecule has 12 nitrogen and oxygen atoms in total. The Hall–Kier alpha value is -5.40. The highest BCUT2D eigenvalue weighted by Crippen LogP contribution is 2.20. The molecule has 260 valence electrons. The van der Waals surface area contributed by atoms with Gasteiger partial charge in [-0.05, 0) is 34.4 Å². The Bertz CT molecular complexity index is 2620. The average molecular weight is 772 g/mol. The average Bonchev–Trinajstić information content (AvgIpc) is 3.75. The fourth-order valence-corrected chi connectivity index (χ4v) is 6.14. The summed E-state index contributed by atoms with van der Waals surface area (Å²) in [6.07, 6.45) is 9.59. The second-order valence-electron chi connectivity index (χ2n) is 11.7. The highest BCUT2D eigenvalue weighted by Gasteiger charge is 2.10. The van der Waals surface area contributed by atoms with Gasteiger partial charge in [-0.2, -0.15) is 10.2 Å². The molecule has 0 radical (unpaired) electrons. The molecule has 8 rings (SSSR count). The van der Waals surface area contributed by atoms with E-state index in [1.807, 2.05) is 54.7 Å². The number of rotatable bonds is 8. The van der Waals surface area contributed by atoms with Crippen LogP contribution in [0.5, 0.6) is 0 Å². The fourth-order valence-electron chi connectivity index (χ4n) is 5.42. The van der Waals surface area contributed by atoms with E-state index < -0.39 is 0 Å². The van der Waals surface area contributed by atoms with Crippen molar-refractivity contribution in [3.63, 3.8) is 0 Å². The SMILES string of the molecule is O=c1ccc(Cl)cn1Cc1ccc(Cn2cc3c(Cl)ncnc3n2)cc1.O=c1ccc(Cl)cn1Cc1ccc(Cn2ncc3c(Cl)ncnc32)cc1. The maximum Gasteiger partial charge on any atom is 0.250 e. The summed E-state index contributed by atoms with van der Waals surface area (Å²) >= 11 is 24.0. The van der Waals surface area contributed by atoms with Crippen molar-refractivity contribution in [1.82, 2.24) is 48.6 Å². The van der Waals surface area contributed by atoms with E-state index in [-0.39, 0.29) is 11.1 Å². The van der Waals surface area contributed by atoms with Crippen molar-refractivity contribution in [2.45, 2.75) is 26.2 Å². The molecular formula is C36H26Cl4N10O2. The second kappa shape index (κ2) is 15.5. The lowest BCUT2D eigenvalue weighted by atomic mass is 10.1. The van der Waals surface area contributed by atoms with Crippen molar-refractivity contribution in [2.75, 3.05) is 0 Å². The van der Waals surface area contributed by atoms with Crippen LogP contribution in [0.1, 0.15) is 22.3 Å². The van der Waals surface area contributed by atoms with E-state index in [9.17, 15) is 9.59 Å². The molecule has 0 bridgehead atoms. The summed E-state index contributed by atoms with van der Waals surface area (Å²) in [6.45, 7) is 2.09. The minimum atomic E-state index is -0.0851. The molecule has 0 spiro atoms. The lowest BCUT2D eigenvalue weighted by Crippen LogP contribution is -2.18. The molecule has 2 aromatic carbocycles. The van der Waals surface area contributed by atoms with Gasteiger partial charge in [0.2, 0.25) is 0 Å². The van der Waals surface area contributed by atoms with Crippen LogP contribution in [0.25, 0.3) is 22.1 Å². The number of aromatic nitrogens is 10. The highest BCUT2D eigenvalue weighted by molar-refractivity contribution is 6.34. The van der Waals surface area contributed by atoms with Gasteiger partial charge in [0.25, 0.3) is 11.1 Å². The van der Waals surface area contributed by atoms with Crippen LogP contribution in [0.15, 0.2) is 120 Å². The maximum absolute atomic E-state index is 11.9. The third-order valence-electron chi connectivity index (χ3n) is 8.02. The monoisotopic (exact) mass is 770 g/mol. The number of nitrogens with zero attached hydrogens (tertiary/aromatic N) is 10. The van der Waals surface area contributed by atoms with Gasteiger partial charge in [0, 0.05) is 30.7 Å². The molecule has 16 heteroatoms. The predicted molar refractivity (Wildman–Crippen MR) is 201 cm³/mol. The molecule has 0 amide bonds. The summed E-state index contributed by atoms with van der Waals surface area (Å²) in [7, 11) is 0. The summed E-state index contributed by atoms with van der Waals surface area (Å²) in [5, 5.41) is 12.0. The number of pyridine rings is 2. The Morgan fingerprint density at radius 3 is 1.58 bits per heavy atom. The molecule has 0 aliphatic heterocycles. The number of hydrogen-bond acceptors (Lipinski definition) is 8. The van der Waals surface area contributed by atoms with Crippen LogP contribution >= 0.6 is 46.4 Å². The lowest BCUT2D eigenvalue weighted by Gasteiger charge is -2.08. The Morgan fingerprint density at radius 1 is 0.519 bits per heavy atom. The smallest absolute Gasteiger partial charge is 0.250 e. The summed E-state index contributed by atoms with van der Waals surface area (Å²) < 4.78 is 6.72. The van der Waals surface area contributed by atoms with Gasteiger partial charge >= 0.3 is 0 Å². The second-order valence-corrected chi connectivity index (χ2v) is 13.3. The van der Waals surface area contributed by atoms with Crippen molar-refractivity contribution in [3.05, 3.63) is 174 Å². The summed E-state index contributed by atoms with van der Waals surface area (Å²) in [6, 6.07) is 22.1. The first-order valence-corrected chi connectivity index (χ1v) is 17.2. The normalized spacial score (nSPS) is 11.2. The lowest BCUT2D eigenvalue weighted by molar-refractivity contribution is 0.692. The molecule has 6 heterocycles. The molecule has 0 unspecified atom stereocenters. The Morgan fingerprint density at radius 2 is 1.02 bits per heavy atom. The van der Waals surface area contributed by atoms with Gasteiger partial charge in [-0.1, -0.05) is 94.9 Å². The quantitative estimate of drug-likeness (QED) is 0.155. The minimum Gasteiger partial charge on any atom is -0.310 e. The molecule has 52 heavy (non-hydrogen) atoms. The molecule has 0 aliphatic carbocycles. The fraction of sp³-hybridized carbons (Fsp3) is 0.111. The summed E-state index contributed by atoms with van der Waals surface area (Å²) in [4.78, 5) is 40.0. The third-order valence-corrected chi connectivity index (χ3v) is 9.07. The van der Waals surface area contributed by atoms with Crippen LogP contribution in [-0.2, 0) is 26.2 Å². The minimum absolute atomic E-state index is 0.0836. The van der Waals surface area contributed by atoms with Crippen LogP contribution < -0.4 is 11.1 Å². The Balaban J connectivity index is 0.000000162. The van der Waals surface area contributed by atoms with Gasteiger partial charge in [-0.25, -0.2) is 24.6 Å². The zero-order valence-electron chi connectivity index (χ0n) is 27.0. The van der Waals surface area contributed by atoms with E-state index in [4.69, 9.17) is 46.4 Å². The van der Waals surface area contributed by atoms with Crippen LogP contribution in [0, 0.1) is 0 Å². The van der Waals surface area contributed by atoms with Gasteiger partial charge in [-0.3, -0.25) is 14.3 Å². The zero-order valence-corrected chi connectivity index (χ0v) is 30.0. The largest absolute Gasteiger partial charge is 0.310 e. The van der Waals surface area contributed by atoms with Crippen molar-refractivity contribution >= 4 is 68.5 Å². The predicted octanol–water partition coefficient (Wildman–Crippen LogP) is 6.78. The first-order chi connectivity index (χ1) is 25.2. The highest BCUT2D eigenvalue weighted by atomic mass is 35.5. The molecule has 0 saturated carbocycles. The van der Waals surface area contributed by atoms with Crippen LogP contribution in [0.3, 0.4) is 0 Å². The maximum atomic E-state index is 11.9. The topological polar surface area (TPSA) is 131 Å². The zero-order chi connectivity index (χ0) is 36.2. The summed E-state index contributed by atoms with van der Waals surface area (Å²) in [5.74, 6) is 0. The van der Waals surface area contributed by atoms with E-state index in [0.29, 0.717) is 57.8 Å². The Labute approximate surface area is 315 Å². The molecule has 0 atom stereocenters. The van der Waals surface area contributed by atoms with Gasteiger partial charge in [0.1, 0.15) is 23.0 Å². The molecule has 0 fully saturated rings. The van der Waals surface area contributed by atoms with E-state index in [1.54, 1.807) is 49.2 Å². The number of hydrogen-bond donors (Lipinski definition) is 0. The van der Waals surface area contributed by atoms with Gasteiger partial charge in [0.15, 0.2) is 11.3 Å². The van der Waals surface area contributed by atoms with Gasteiger partial charge < -0.3 is 9.13 Å². The van der Waals surface area contributed by atoms with Crippen molar-refractivity contribution in [2.24, 2.45) is 0 Å².